The Balaban J connectivity index is 1.91. The number of amides is 1. The molecule has 0 spiro atoms. The molecule has 1 amide bonds. The van der Waals surface area contributed by atoms with Crippen molar-refractivity contribution in [1.29, 1.82) is 0 Å². The lowest BCUT2D eigenvalue weighted by molar-refractivity contribution is -0.384. The molecule has 8 nitrogen and oxygen atoms in total. The summed E-state index contributed by atoms with van der Waals surface area (Å²) in [5.41, 5.74) is 0.853. The number of methoxy groups -OCH3 is 1. The van der Waals surface area contributed by atoms with E-state index < -0.39 is 22.7 Å². The van der Waals surface area contributed by atoms with Crippen LogP contribution in [0.15, 0.2) is 78.4 Å². The van der Waals surface area contributed by atoms with E-state index in [9.17, 15) is 24.8 Å². The van der Waals surface area contributed by atoms with Crippen molar-refractivity contribution in [1.82, 2.24) is 0 Å². The van der Waals surface area contributed by atoms with Gasteiger partial charge in [-0.3, -0.25) is 24.6 Å². The number of halogens is 1. The van der Waals surface area contributed by atoms with E-state index in [0.717, 1.165) is 0 Å². The highest BCUT2D eigenvalue weighted by atomic mass is 35.5. The largest absolute Gasteiger partial charge is 0.507 e. The molecule has 0 bridgehead atoms. The average Bonchev–Trinajstić information content (AvgIpc) is 3.09. The molecule has 0 saturated carbocycles. The van der Waals surface area contributed by atoms with Crippen LogP contribution in [0.1, 0.15) is 17.2 Å². The Bertz CT molecular complexity index is 1270. The Labute approximate surface area is 193 Å². The quantitative estimate of drug-likeness (QED) is 0.189. The highest BCUT2D eigenvalue weighted by Crippen LogP contribution is 2.42. The van der Waals surface area contributed by atoms with Crippen LogP contribution in [0.25, 0.3) is 5.76 Å². The predicted molar refractivity (Wildman–Crippen MR) is 122 cm³/mol. The lowest BCUT2D eigenvalue weighted by Gasteiger charge is -2.25. The maximum absolute atomic E-state index is 13.1. The van der Waals surface area contributed by atoms with Crippen LogP contribution in [0.2, 0.25) is 5.02 Å². The number of carbonyl (C=O) groups excluding carboxylic acids is 2. The molecule has 1 atom stereocenters. The monoisotopic (exact) mass is 464 g/mol. The molecule has 9 heteroatoms. The van der Waals surface area contributed by atoms with Crippen molar-refractivity contribution < 1.29 is 24.4 Å². The van der Waals surface area contributed by atoms with Crippen molar-refractivity contribution in [2.75, 3.05) is 12.0 Å². The summed E-state index contributed by atoms with van der Waals surface area (Å²) in [6.07, 6.45) is 0. The van der Waals surface area contributed by atoms with Gasteiger partial charge in [-0.05, 0) is 66.2 Å². The molecular weight excluding hydrogens is 448 g/mol. The third-order valence-corrected chi connectivity index (χ3v) is 5.58. The zero-order chi connectivity index (χ0) is 23.7. The highest BCUT2D eigenvalue weighted by Gasteiger charge is 2.47. The van der Waals surface area contributed by atoms with E-state index in [-0.39, 0.29) is 17.0 Å². The van der Waals surface area contributed by atoms with Crippen LogP contribution in [-0.2, 0) is 9.59 Å². The fraction of sp³-hybridized carbons (Fsp3) is 0.0833. The van der Waals surface area contributed by atoms with Crippen LogP contribution in [0.5, 0.6) is 5.75 Å². The van der Waals surface area contributed by atoms with Crippen LogP contribution in [0, 0.1) is 10.1 Å². The number of ketones is 1. The van der Waals surface area contributed by atoms with Gasteiger partial charge in [0.15, 0.2) is 0 Å². The van der Waals surface area contributed by atoms with E-state index in [0.29, 0.717) is 27.6 Å². The molecule has 4 rings (SSSR count). The third-order valence-electron chi connectivity index (χ3n) is 5.33. The zero-order valence-corrected chi connectivity index (χ0v) is 18.0. The molecule has 1 aliphatic rings. The minimum absolute atomic E-state index is 0.132. The molecule has 1 heterocycles. The minimum atomic E-state index is -1.00. The molecule has 1 saturated heterocycles. The van der Waals surface area contributed by atoms with Gasteiger partial charge < -0.3 is 9.84 Å². The van der Waals surface area contributed by atoms with Gasteiger partial charge in [0.25, 0.3) is 17.4 Å². The van der Waals surface area contributed by atoms with E-state index in [1.165, 1.54) is 48.4 Å². The SMILES string of the molecule is COc1ccc(N2C(=O)C(=O)C(=C(O)c3ccc(Cl)cc3)[C@@H]2c2ccc([N+](=O)[O-])cc2)cc1. The number of carbonyl (C=O) groups is 2. The van der Waals surface area contributed by atoms with Gasteiger partial charge in [-0.15, -0.1) is 0 Å². The molecule has 1 fully saturated rings. The lowest BCUT2D eigenvalue weighted by Crippen LogP contribution is -2.29. The van der Waals surface area contributed by atoms with Crippen molar-refractivity contribution >= 4 is 40.4 Å². The fourth-order valence-corrected chi connectivity index (χ4v) is 3.82. The number of aliphatic hydroxyl groups is 1. The molecule has 166 valence electrons. The Kier molecular flexibility index (Phi) is 5.85. The number of nitro groups is 1. The maximum atomic E-state index is 13.1. The number of nitrogens with zero attached hydrogens (tertiary/aromatic N) is 2. The molecule has 1 N–H and O–H groups in total. The number of non-ortho nitro benzene ring substituents is 1. The van der Waals surface area contributed by atoms with Gasteiger partial charge >= 0.3 is 0 Å². The molecular formula is C24H17ClN2O6. The number of Topliss-reactive ketones (excluding diaryl/α,β-unsaturated/α-hetero) is 1. The topological polar surface area (TPSA) is 110 Å². The van der Waals surface area contributed by atoms with Crippen LogP contribution >= 0.6 is 11.6 Å². The van der Waals surface area contributed by atoms with Gasteiger partial charge in [-0.1, -0.05) is 11.6 Å². The van der Waals surface area contributed by atoms with Crippen LogP contribution in [0.3, 0.4) is 0 Å². The number of anilines is 1. The second-order valence-corrected chi connectivity index (χ2v) is 7.66. The average molecular weight is 465 g/mol. The number of hydrogen-bond acceptors (Lipinski definition) is 6. The molecule has 1 aliphatic heterocycles. The molecule has 0 aromatic heterocycles. The molecule has 33 heavy (non-hydrogen) atoms. The summed E-state index contributed by atoms with van der Waals surface area (Å²) < 4.78 is 5.16. The molecule has 0 aliphatic carbocycles. The Morgan fingerprint density at radius 1 is 1.00 bits per heavy atom. The zero-order valence-electron chi connectivity index (χ0n) is 17.3. The molecule has 0 unspecified atom stereocenters. The summed E-state index contributed by atoms with van der Waals surface area (Å²) in [7, 11) is 1.50. The van der Waals surface area contributed by atoms with Gasteiger partial charge in [0.2, 0.25) is 0 Å². The predicted octanol–water partition coefficient (Wildman–Crippen LogP) is 4.88. The maximum Gasteiger partial charge on any atom is 0.300 e. The second-order valence-electron chi connectivity index (χ2n) is 7.22. The van der Waals surface area contributed by atoms with Crippen LogP contribution in [0.4, 0.5) is 11.4 Å². The summed E-state index contributed by atoms with van der Waals surface area (Å²) in [4.78, 5) is 38.0. The number of aliphatic hydroxyl groups excluding tert-OH is 1. The Morgan fingerprint density at radius 3 is 2.15 bits per heavy atom. The van der Waals surface area contributed by atoms with Gasteiger partial charge in [-0.2, -0.15) is 0 Å². The third kappa shape index (κ3) is 4.04. The van der Waals surface area contributed by atoms with E-state index in [4.69, 9.17) is 16.3 Å². The molecule has 3 aromatic rings. The normalized spacial score (nSPS) is 17.3. The first-order valence-electron chi connectivity index (χ1n) is 9.77. The van der Waals surface area contributed by atoms with Gasteiger partial charge in [-0.25, -0.2) is 0 Å². The van der Waals surface area contributed by atoms with E-state index in [1.54, 1.807) is 36.4 Å². The summed E-state index contributed by atoms with van der Waals surface area (Å²) >= 11 is 5.93. The summed E-state index contributed by atoms with van der Waals surface area (Å²) in [5.74, 6) is -1.52. The van der Waals surface area contributed by atoms with Crippen molar-refractivity contribution in [3.8, 4) is 5.75 Å². The second kappa shape index (κ2) is 8.76. The fourth-order valence-electron chi connectivity index (χ4n) is 3.70. The Morgan fingerprint density at radius 2 is 1.61 bits per heavy atom. The molecule has 0 radical (unpaired) electrons. The van der Waals surface area contributed by atoms with Gasteiger partial charge in [0.05, 0.1) is 23.6 Å². The highest BCUT2D eigenvalue weighted by molar-refractivity contribution is 6.51. The minimum Gasteiger partial charge on any atom is -0.507 e. The first-order chi connectivity index (χ1) is 15.8. The van der Waals surface area contributed by atoms with Gasteiger partial charge in [0.1, 0.15) is 11.5 Å². The first kappa shape index (κ1) is 22.0. The summed E-state index contributed by atoms with van der Waals surface area (Å²) in [5, 5.41) is 22.6. The van der Waals surface area contributed by atoms with Crippen molar-refractivity contribution in [3.63, 3.8) is 0 Å². The van der Waals surface area contributed by atoms with Gasteiger partial charge in [0, 0.05) is 28.4 Å². The standard InChI is InChI=1S/C24H17ClN2O6/c1-33-19-12-10-17(11-13-19)26-21(14-4-8-18(9-5-14)27(31)32)20(23(29)24(26)30)22(28)15-2-6-16(25)7-3-15/h2-13,21,28H,1H3/t21-/m0/s1. The number of hydrogen-bond donors (Lipinski definition) is 1. The van der Waals surface area contributed by atoms with Crippen LogP contribution < -0.4 is 9.64 Å². The first-order valence-corrected chi connectivity index (χ1v) is 10.1. The number of ether oxygens (including phenoxy) is 1. The summed E-state index contributed by atoms with van der Waals surface area (Å²) in [6, 6.07) is 17.2. The molecule has 3 aromatic carbocycles. The number of rotatable bonds is 5. The number of nitro benzene ring substituents is 1. The Hall–Kier alpha value is -4.17. The van der Waals surface area contributed by atoms with Crippen molar-refractivity contribution in [3.05, 3.63) is 105 Å². The summed E-state index contributed by atoms with van der Waals surface area (Å²) in [6.45, 7) is 0. The van der Waals surface area contributed by atoms with E-state index >= 15 is 0 Å². The lowest BCUT2D eigenvalue weighted by atomic mass is 9.95. The number of benzene rings is 3. The van der Waals surface area contributed by atoms with Crippen LogP contribution in [-0.4, -0.2) is 28.8 Å². The van der Waals surface area contributed by atoms with E-state index in [1.807, 2.05) is 0 Å². The van der Waals surface area contributed by atoms with E-state index in [2.05, 4.69) is 0 Å². The van der Waals surface area contributed by atoms with Crippen molar-refractivity contribution in [2.45, 2.75) is 6.04 Å². The smallest absolute Gasteiger partial charge is 0.300 e. The van der Waals surface area contributed by atoms with Crippen molar-refractivity contribution in [2.24, 2.45) is 0 Å².